The van der Waals surface area contributed by atoms with Crippen molar-refractivity contribution in [2.24, 2.45) is 0 Å². The van der Waals surface area contributed by atoms with Crippen LogP contribution in [0, 0.1) is 0 Å². The zero-order valence-electron chi connectivity index (χ0n) is 18.0. The lowest BCUT2D eigenvalue weighted by Crippen LogP contribution is -2.36. The number of thioether (sulfide) groups is 2. The molecule has 0 spiro atoms. The number of rotatable bonds is 6. The Hall–Kier alpha value is -2.97. The number of para-hydroxylation sites is 1. The van der Waals surface area contributed by atoms with Crippen molar-refractivity contribution in [3.8, 4) is 0 Å². The molecule has 1 aliphatic heterocycles. The number of imide groups is 1. The van der Waals surface area contributed by atoms with Crippen LogP contribution in [0.1, 0.15) is 25.5 Å². The number of aromatic nitrogens is 1. The summed E-state index contributed by atoms with van der Waals surface area (Å²) >= 11 is 2.43. The van der Waals surface area contributed by atoms with E-state index >= 15 is 0 Å². The van der Waals surface area contributed by atoms with Gasteiger partial charge in [0.25, 0.3) is 11.1 Å². The number of nitrogens with zero attached hydrogens (tertiary/aromatic N) is 2. The molecule has 1 aromatic heterocycles. The molecule has 2 heterocycles. The Kier molecular flexibility index (Phi) is 6.43. The molecule has 6 nitrogen and oxygen atoms in total. The van der Waals surface area contributed by atoms with Gasteiger partial charge in [0.2, 0.25) is 5.91 Å². The molecule has 0 atom stereocenters. The number of amides is 3. The van der Waals surface area contributed by atoms with Crippen molar-refractivity contribution >= 4 is 63.2 Å². The summed E-state index contributed by atoms with van der Waals surface area (Å²) in [7, 11) is 0. The van der Waals surface area contributed by atoms with Crippen LogP contribution in [-0.2, 0) is 9.59 Å². The molecule has 3 amide bonds. The van der Waals surface area contributed by atoms with Crippen LogP contribution in [0.15, 0.2) is 64.5 Å². The van der Waals surface area contributed by atoms with E-state index in [0.717, 1.165) is 38.0 Å². The number of hydrogen-bond donors (Lipinski definition) is 1. The van der Waals surface area contributed by atoms with Gasteiger partial charge in [-0.25, -0.2) is 0 Å². The smallest absolute Gasteiger partial charge is 0.294 e. The minimum absolute atomic E-state index is 0.255. The van der Waals surface area contributed by atoms with Gasteiger partial charge in [-0.1, -0.05) is 24.3 Å². The van der Waals surface area contributed by atoms with E-state index in [2.05, 4.69) is 23.7 Å². The van der Waals surface area contributed by atoms with Crippen LogP contribution >= 0.6 is 23.5 Å². The molecule has 2 aromatic carbocycles. The Bertz CT molecular complexity index is 1250. The van der Waals surface area contributed by atoms with Crippen molar-refractivity contribution < 1.29 is 14.4 Å². The standard InChI is InChI=1S/C24H23N3O3S2/c1-15(2)26-13-16(19-9-4-5-10-20(19)26)11-21-23(29)27(24(30)32-21)14-22(28)25-17-7-6-8-18(12-17)31-3/h4-13,15H,14H2,1-3H3,(H,25,28)/b21-11+. The number of nitrogens with one attached hydrogen (secondary N) is 1. The molecule has 32 heavy (non-hydrogen) atoms. The molecule has 0 unspecified atom stereocenters. The number of anilines is 1. The maximum Gasteiger partial charge on any atom is 0.294 e. The monoisotopic (exact) mass is 465 g/mol. The molecule has 1 saturated heterocycles. The average Bonchev–Trinajstić information content (AvgIpc) is 3.27. The van der Waals surface area contributed by atoms with Crippen LogP contribution in [0.3, 0.4) is 0 Å². The highest BCUT2D eigenvalue weighted by Crippen LogP contribution is 2.34. The number of benzene rings is 2. The molecular formula is C24H23N3O3S2. The van der Waals surface area contributed by atoms with Gasteiger partial charge in [-0.05, 0) is 62.2 Å². The minimum atomic E-state index is -0.450. The van der Waals surface area contributed by atoms with Gasteiger partial charge in [-0.3, -0.25) is 19.3 Å². The van der Waals surface area contributed by atoms with E-state index in [4.69, 9.17) is 0 Å². The molecule has 3 aromatic rings. The first kappa shape index (κ1) is 22.2. The number of carbonyl (C=O) groups is 3. The maximum atomic E-state index is 12.9. The number of fused-ring (bicyclic) bond motifs is 1. The van der Waals surface area contributed by atoms with Crippen molar-refractivity contribution in [3.05, 3.63) is 65.2 Å². The second-order valence-electron chi connectivity index (χ2n) is 7.65. The van der Waals surface area contributed by atoms with Crippen LogP contribution in [0.5, 0.6) is 0 Å². The predicted octanol–water partition coefficient (Wildman–Crippen LogP) is 5.62. The van der Waals surface area contributed by atoms with Crippen molar-refractivity contribution in [1.29, 1.82) is 0 Å². The third-order valence-electron chi connectivity index (χ3n) is 5.14. The molecule has 0 saturated carbocycles. The summed E-state index contributed by atoms with van der Waals surface area (Å²) in [6.45, 7) is 3.87. The van der Waals surface area contributed by atoms with E-state index in [-0.39, 0.29) is 12.6 Å². The largest absolute Gasteiger partial charge is 0.344 e. The first-order chi connectivity index (χ1) is 15.4. The van der Waals surface area contributed by atoms with E-state index in [1.807, 2.05) is 54.9 Å². The summed E-state index contributed by atoms with van der Waals surface area (Å²) in [6.07, 6.45) is 5.69. The lowest BCUT2D eigenvalue weighted by atomic mass is 10.1. The van der Waals surface area contributed by atoms with Crippen LogP contribution in [0.2, 0.25) is 0 Å². The summed E-state index contributed by atoms with van der Waals surface area (Å²) in [4.78, 5) is 40.2. The lowest BCUT2D eigenvalue weighted by molar-refractivity contribution is -0.127. The lowest BCUT2D eigenvalue weighted by Gasteiger charge is -2.12. The maximum absolute atomic E-state index is 12.9. The van der Waals surface area contributed by atoms with Crippen molar-refractivity contribution in [1.82, 2.24) is 9.47 Å². The van der Waals surface area contributed by atoms with Gasteiger partial charge in [0.1, 0.15) is 6.54 Å². The quantitative estimate of drug-likeness (QED) is 0.378. The second-order valence-corrected chi connectivity index (χ2v) is 9.52. The Morgan fingerprint density at radius 1 is 1.16 bits per heavy atom. The van der Waals surface area contributed by atoms with Gasteiger partial charge in [-0.2, -0.15) is 0 Å². The predicted molar refractivity (Wildman–Crippen MR) is 132 cm³/mol. The summed E-state index contributed by atoms with van der Waals surface area (Å²) in [6, 6.07) is 15.6. The SMILES string of the molecule is CSc1cccc(NC(=O)CN2C(=O)S/C(=C/c3cn(C(C)C)c4ccccc34)C2=O)c1. The van der Waals surface area contributed by atoms with Gasteiger partial charge in [-0.15, -0.1) is 11.8 Å². The summed E-state index contributed by atoms with van der Waals surface area (Å²) < 4.78 is 2.14. The highest BCUT2D eigenvalue weighted by molar-refractivity contribution is 8.18. The number of carbonyl (C=O) groups excluding carboxylic acids is 3. The summed E-state index contributed by atoms with van der Waals surface area (Å²) in [5.74, 6) is -0.863. The average molecular weight is 466 g/mol. The Morgan fingerprint density at radius 3 is 2.69 bits per heavy atom. The van der Waals surface area contributed by atoms with Crippen molar-refractivity contribution in [2.75, 3.05) is 18.1 Å². The number of hydrogen-bond acceptors (Lipinski definition) is 5. The molecular weight excluding hydrogens is 442 g/mol. The van der Waals surface area contributed by atoms with E-state index in [9.17, 15) is 14.4 Å². The molecule has 4 rings (SSSR count). The third-order valence-corrected chi connectivity index (χ3v) is 6.78. The van der Waals surface area contributed by atoms with Gasteiger partial charge >= 0.3 is 0 Å². The fraction of sp³-hybridized carbons (Fsp3) is 0.208. The fourth-order valence-corrected chi connectivity index (χ4v) is 4.89. The highest BCUT2D eigenvalue weighted by Gasteiger charge is 2.36. The zero-order chi connectivity index (χ0) is 22.8. The van der Waals surface area contributed by atoms with Crippen LogP contribution < -0.4 is 5.32 Å². The summed E-state index contributed by atoms with van der Waals surface area (Å²) in [5.41, 5.74) is 2.57. The molecule has 0 radical (unpaired) electrons. The van der Waals surface area contributed by atoms with Crippen LogP contribution in [0.4, 0.5) is 10.5 Å². The van der Waals surface area contributed by atoms with Crippen molar-refractivity contribution in [3.63, 3.8) is 0 Å². The van der Waals surface area contributed by atoms with Crippen LogP contribution in [-0.4, -0.2) is 39.3 Å². The van der Waals surface area contributed by atoms with Crippen molar-refractivity contribution in [2.45, 2.75) is 24.8 Å². The van der Waals surface area contributed by atoms with Gasteiger partial charge < -0.3 is 9.88 Å². The molecule has 8 heteroatoms. The zero-order valence-corrected chi connectivity index (χ0v) is 19.6. The topological polar surface area (TPSA) is 71.4 Å². The molecule has 1 fully saturated rings. The third kappa shape index (κ3) is 4.47. The molecule has 1 N–H and O–H groups in total. The first-order valence-electron chi connectivity index (χ1n) is 10.2. The Morgan fingerprint density at radius 2 is 1.94 bits per heavy atom. The van der Waals surface area contributed by atoms with E-state index in [1.165, 1.54) is 0 Å². The molecule has 0 aliphatic carbocycles. The fourth-order valence-electron chi connectivity index (χ4n) is 3.60. The van der Waals surface area contributed by atoms with Gasteiger partial charge in [0.15, 0.2) is 0 Å². The first-order valence-corrected chi connectivity index (χ1v) is 12.2. The minimum Gasteiger partial charge on any atom is -0.344 e. The summed E-state index contributed by atoms with van der Waals surface area (Å²) in [5, 5.41) is 3.33. The molecule has 164 valence electrons. The van der Waals surface area contributed by atoms with Gasteiger partial charge in [0, 0.05) is 39.3 Å². The van der Waals surface area contributed by atoms with E-state index in [0.29, 0.717) is 10.6 Å². The van der Waals surface area contributed by atoms with Crippen LogP contribution in [0.25, 0.3) is 17.0 Å². The molecule has 1 aliphatic rings. The highest BCUT2D eigenvalue weighted by atomic mass is 32.2. The second kappa shape index (κ2) is 9.26. The normalized spacial score (nSPS) is 15.4. The Balaban J connectivity index is 1.53. The molecule has 0 bridgehead atoms. The Labute approximate surface area is 195 Å². The van der Waals surface area contributed by atoms with Gasteiger partial charge in [0.05, 0.1) is 4.91 Å². The van der Waals surface area contributed by atoms with E-state index < -0.39 is 17.1 Å². The van der Waals surface area contributed by atoms with E-state index in [1.54, 1.807) is 23.9 Å².